The highest BCUT2D eigenvalue weighted by molar-refractivity contribution is 9.10. The number of aromatic nitrogens is 2. The highest BCUT2D eigenvalue weighted by atomic mass is 79.9. The molecule has 0 aliphatic carbocycles. The lowest BCUT2D eigenvalue weighted by atomic mass is 10.1. The van der Waals surface area contributed by atoms with Crippen LogP contribution in [0.5, 0.6) is 11.5 Å². The number of methoxy groups -OCH3 is 1. The lowest BCUT2D eigenvalue weighted by Gasteiger charge is -2.13. The molecule has 33 heavy (non-hydrogen) atoms. The van der Waals surface area contributed by atoms with Gasteiger partial charge in [-0.15, -0.1) is 0 Å². The van der Waals surface area contributed by atoms with Gasteiger partial charge < -0.3 is 9.47 Å². The van der Waals surface area contributed by atoms with Crippen LogP contribution in [0, 0.1) is 20.8 Å². The van der Waals surface area contributed by atoms with Gasteiger partial charge in [-0.25, -0.2) is 15.4 Å². The average molecular weight is 529 g/mol. The van der Waals surface area contributed by atoms with Crippen molar-refractivity contribution in [1.29, 1.82) is 0 Å². The normalized spacial score (nSPS) is 10.9. The number of amides is 1. The SMILES string of the molecule is COc1cc(/C=N\NC(=O)CSc2nc(C)cc(C)n2)c(Br)cc1OCc1cccc(C)c1. The Hall–Kier alpha value is -2.91. The Balaban J connectivity index is 1.58. The third kappa shape index (κ3) is 7.57. The maximum absolute atomic E-state index is 12.1. The molecule has 9 heteroatoms. The summed E-state index contributed by atoms with van der Waals surface area (Å²) in [6.45, 7) is 6.27. The fraction of sp³-hybridized carbons (Fsp3) is 0.250. The summed E-state index contributed by atoms with van der Waals surface area (Å²) < 4.78 is 12.2. The second kappa shape index (κ2) is 11.8. The van der Waals surface area contributed by atoms with Gasteiger partial charge in [0.1, 0.15) is 6.61 Å². The van der Waals surface area contributed by atoms with Crippen LogP contribution in [0.25, 0.3) is 0 Å². The molecule has 1 heterocycles. The van der Waals surface area contributed by atoms with Gasteiger partial charge in [-0.3, -0.25) is 4.79 Å². The number of hydrazone groups is 1. The summed E-state index contributed by atoms with van der Waals surface area (Å²) in [4.78, 5) is 20.8. The number of nitrogens with one attached hydrogen (secondary N) is 1. The molecule has 1 N–H and O–H groups in total. The van der Waals surface area contributed by atoms with Crippen molar-refractivity contribution < 1.29 is 14.3 Å². The molecule has 7 nitrogen and oxygen atoms in total. The van der Waals surface area contributed by atoms with Gasteiger partial charge in [0.2, 0.25) is 0 Å². The average Bonchev–Trinajstić information content (AvgIpc) is 2.77. The van der Waals surface area contributed by atoms with Crippen LogP contribution in [0.2, 0.25) is 0 Å². The standard InChI is InChI=1S/C24H25BrN4O3S/c1-15-6-5-7-18(8-15)13-32-22-11-20(25)19(10-21(22)31-4)12-26-29-23(30)14-33-24-27-16(2)9-17(3)28-24/h5-12H,13-14H2,1-4H3,(H,29,30)/b26-12-. The van der Waals surface area contributed by atoms with Crippen LogP contribution in [0.1, 0.15) is 28.1 Å². The van der Waals surface area contributed by atoms with Crippen molar-refractivity contribution in [2.24, 2.45) is 5.10 Å². The van der Waals surface area contributed by atoms with Crippen molar-refractivity contribution in [3.8, 4) is 11.5 Å². The van der Waals surface area contributed by atoms with Crippen LogP contribution in [-0.4, -0.2) is 35.0 Å². The maximum Gasteiger partial charge on any atom is 0.250 e. The lowest BCUT2D eigenvalue weighted by molar-refractivity contribution is -0.118. The Morgan fingerprint density at radius 2 is 1.88 bits per heavy atom. The molecule has 0 fully saturated rings. The number of benzene rings is 2. The van der Waals surface area contributed by atoms with Gasteiger partial charge in [0, 0.05) is 21.4 Å². The van der Waals surface area contributed by atoms with Crippen molar-refractivity contribution in [3.05, 3.63) is 75.0 Å². The smallest absolute Gasteiger partial charge is 0.250 e. The molecule has 0 bridgehead atoms. The van der Waals surface area contributed by atoms with Gasteiger partial charge in [0.15, 0.2) is 16.7 Å². The zero-order chi connectivity index (χ0) is 23.8. The van der Waals surface area contributed by atoms with E-state index >= 15 is 0 Å². The number of hydrogen-bond acceptors (Lipinski definition) is 7. The summed E-state index contributed by atoms with van der Waals surface area (Å²) in [5.74, 6) is 1.09. The molecule has 3 aromatic rings. The Kier molecular flexibility index (Phi) is 8.85. The Bertz CT molecular complexity index is 1150. The molecule has 172 valence electrons. The summed E-state index contributed by atoms with van der Waals surface area (Å²) in [5, 5.41) is 4.62. The van der Waals surface area contributed by atoms with Crippen LogP contribution in [0.3, 0.4) is 0 Å². The van der Waals surface area contributed by atoms with Crippen molar-refractivity contribution in [2.75, 3.05) is 12.9 Å². The van der Waals surface area contributed by atoms with E-state index < -0.39 is 0 Å². The molecule has 0 atom stereocenters. The molecule has 3 rings (SSSR count). The Morgan fingerprint density at radius 3 is 2.58 bits per heavy atom. The number of rotatable bonds is 9. The van der Waals surface area contributed by atoms with Crippen molar-refractivity contribution >= 4 is 39.8 Å². The summed E-state index contributed by atoms with van der Waals surface area (Å²) in [7, 11) is 1.58. The number of carbonyl (C=O) groups is 1. The van der Waals surface area contributed by atoms with E-state index in [-0.39, 0.29) is 11.7 Å². The minimum absolute atomic E-state index is 0.163. The third-order valence-electron chi connectivity index (χ3n) is 4.45. The molecular weight excluding hydrogens is 504 g/mol. The zero-order valence-corrected chi connectivity index (χ0v) is 21.3. The minimum atomic E-state index is -0.250. The van der Waals surface area contributed by atoms with E-state index in [2.05, 4.69) is 42.5 Å². The van der Waals surface area contributed by atoms with Gasteiger partial charge in [-0.05, 0) is 60.5 Å². The molecule has 1 amide bonds. The first-order valence-corrected chi connectivity index (χ1v) is 11.9. The van der Waals surface area contributed by atoms with E-state index in [0.717, 1.165) is 27.0 Å². The molecular formula is C24H25BrN4O3S. The second-order valence-corrected chi connectivity index (χ2v) is 9.11. The molecule has 0 radical (unpaired) electrons. The number of hydrogen-bond donors (Lipinski definition) is 1. The van der Waals surface area contributed by atoms with Crippen LogP contribution in [0.4, 0.5) is 0 Å². The summed E-state index contributed by atoms with van der Waals surface area (Å²) in [5.41, 5.74) is 7.25. The monoisotopic (exact) mass is 528 g/mol. The maximum atomic E-state index is 12.1. The summed E-state index contributed by atoms with van der Waals surface area (Å²) in [6.07, 6.45) is 1.55. The van der Waals surface area contributed by atoms with Crippen molar-refractivity contribution in [3.63, 3.8) is 0 Å². The Labute approximate surface area is 206 Å². The van der Waals surface area contributed by atoms with Crippen molar-refractivity contribution in [1.82, 2.24) is 15.4 Å². The number of nitrogens with zero attached hydrogens (tertiary/aromatic N) is 3. The largest absolute Gasteiger partial charge is 0.493 e. The minimum Gasteiger partial charge on any atom is -0.493 e. The third-order valence-corrected chi connectivity index (χ3v) is 5.98. The first-order chi connectivity index (χ1) is 15.8. The highest BCUT2D eigenvalue weighted by Crippen LogP contribution is 2.33. The number of halogens is 1. The van der Waals surface area contributed by atoms with E-state index in [1.807, 2.05) is 51.1 Å². The quantitative estimate of drug-likeness (QED) is 0.182. The number of aryl methyl sites for hydroxylation is 3. The fourth-order valence-electron chi connectivity index (χ4n) is 2.98. The van der Waals surface area contributed by atoms with Crippen LogP contribution >= 0.6 is 27.7 Å². The molecule has 0 saturated carbocycles. The van der Waals surface area contributed by atoms with Gasteiger partial charge in [0.25, 0.3) is 5.91 Å². The number of thioether (sulfide) groups is 1. The number of carbonyl (C=O) groups excluding carboxylic acids is 1. The summed E-state index contributed by atoms with van der Waals surface area (Å²) >= 11 is 4.80. The molecule has 0 aliphatic heterocycles. The van der Waals surface area contributed by atoms with E-state index in [4.69, 9.17) is 9.47 Å². The number of ether oxygens (including phenoxy) is 2. The highest BCUT2D eigenvalue weighted by Gasteiger charge is 2.11. The molecule has 1 aromatic heterocycles. The molecule has 0 unspecified atom stereocenters. The first-order valence-electron chi connectivity index (χ1n) is 10.2. The van der Waals surface area contributed by atoms with E-state index in [1.165, 1.54) is 17.3 Å². The predicted octanol–water partition coefficient (Wildman–Crippen LogP) is 4.99. The van der Waals surface area contributed by atoms with Crippen LogP contribution in [-0.2, 0) is 11.4 Å². The lowest BCUT2D eigenvalue weighted by Crippen LogP contribution is -2.19. The molecule has 0 spiro atoms. The van der Waals surface area contributed by atoms with Gasteiger partial charge in [0.05, 0.1) is 19.1 Å². The molecule has 2 aromatic carbocycles. The second-order valence-electron chi connectivity index (χ2n) is 7.32. The predicted molar refractivity (Wildman–Crippen MR) is 134 cm³/mol. The first kappa shape index (κ1) is 24.7. The van der Waals surface area contributed by atoms with Crippen LogP contribution < -0.4 is 14.9 Å². The molecule has 0 saturated heterocycles. The van der Waals surface area contributed by atoms with Crippen LogP contribution in [0.15, 0.2) is 57.2 Å². The van der Waals surface area contributed by atoms with Gasteiger partial charge >= 0.3 is 0 Å². The fourth-order valence-corrected chi connectivity index (χ4v) is 4.15. The zero-order valence-electron chi connectivity index (χ0n) is 18.9. The van der Waals surface area contributed by atoms with Gasteiger partial charge in [-0.1, -0.05) is 41.6 Å². The van der Waals surface area contributed by atoms with E-state index in [1.54, 1.807) is 19.4 Å². The molecule has 0 aliphatic rings. The topological polar surface area (TPSA) is 85.7 Å². The van der Waals surface area contributed by atoms with E-state index in [9.17, 15) is 4.79 Å². The van der Waals surface area contributed by atoms with Crippen molar-refractivity contribution in [2.45, 2.75) is 32.5 Å². The van der Waals surface area contributed by atoms with Gasteiger partial charge in [-0.2, -0.15) is 5.10 Å². The summed E-state index contributed by atoms with van der Waals surface area (Å²) in [6, 6.07) is 13.7. The Morgan fingerprint density at radius 1 is 1.12 bits per heavy atom. The van der Waals surface area contributed by atoms with E-state index in [0.29, 0.717) is 23.3 Å².